The summed E-state index contributed by atoms with van der Waals surface area (Å²) in [5.74, 6) is -0.260. The predicted octanol–water partition coefficient (Wildman–Crippen LogP) is 0.901. The van der Waals surface area contributed by atoms with Crippen LogP contribution >= 0.6 is 0 Å². The molecule has 0 saturated heterocycles. The first-order valence-corrected chi connectivity index (χ1v) is 3.76. The van der Waals surface area contributed by atoms with E-state index in [1.165, 1.54) is 10.9 Å². The van der Waals surface area contributed by atoms with Crippen LogP contribution in [-0.4, -0.2) is 25.9 Å². The summed E-state index contributed by atoms with van der Waals surface area (Å²) in [6, 6.07) is 0. The highest BCUT2D eigenvalue weighted by atomic mass is 16.6. The molecule has 0 atom stereocenters. The number of nitrogens with zero attached hydrogens (tertiary/aromatic N) is 3. The predicted molar refractivity (Wildman–Crippen MR) is 46.2 cm³/mol. The third-order valence-electron chi connectivity index (χ3n) is 1.49. The number of nitro groups is 1. The lowest BCUT2D eigenvalue weighted by Crippen LogP contribution is -2.09. The Bertz CT molecular complexity index is 372. The van der Waals surface area contributed by atoms with Crippen molar-refractivity contribution >= 4 is 17.6 Å². The van der Waals surface area contributed by atoms with Crippen molar-refractivity contribution in [3.8, 4) is 0 Å². The first-order valence-electron chi connectivity index (χ1n) is 3.76. The number of carbonyl (C=O) groups is 1. The lowest BCUT2D eigenvalue weighted by molar-refractivity contribution is -0.384. The topological polar surface area (TPSA) is 110 Å². The van der Waals surface area contributed by atoms with Crippen LogP contribution in [0.5, 0.6) is 0 Å². The number of hydrogen-bond donors (Lipinski definition) is 2. The summed E-state index contributed by atoms with van der Waals surface area (Å²) in [6.45, 7) is 2.17. The first-order chi connectivity index (χ1) is 6.54. The van der Waals surface area contributed by atoms with Crippen LogP contribution in [0.25, 0.3) is 0 Å². The van der Waals surface area contributed by atoms with Crippen molar-refractivity contribution in [3.05, 3.63) is 16.3 Å². The Morgan fingerprint density at radius 2 is 2.50 bits per heavy atom. The van der Waals surface area contributed by atoms with Crippen molar-refractivity contribution in [3.63, 3.8) is 0 Å². The van der Waals surface area contributed by atoms with Gasteiger partial charge in [-0.1, -0.05) is 0 Å². The molecule has 0 aromatic carbocycles. The summed E-state index contributed by atoms with van der Waals surface area (Å²) >= 11 is 0. The van der Waals surface area contributed by atoms with Gasteiger partial charge in [-0.3, -0.25) is 20.1 Å². The Labute approximate surface area is 78.3 Å². The first kappa shape index (κ1) is 9.96. The van der Waals surface area contributed by atoms with Gasteiger partial charge in [0.1, 0.15) is 6.20 Å². The fraction of sp³-hybridized carbons (Fsp3) is 0.333. The fourth-order valence-electron chi connectivity index (χ4n) is 0.897. The largest absolute Gasteiger partial charge is 0.465 e. The summed E-state index contributed by atoms with van der Waals surface area (Å²) in [5.41, 5.74) is -0.353. The van der Waals surface area contributed by atoms with Gasteiger partial charge >= 0.3 is 11.8 Å². The molecule has 0 aliphatic rings. The highest BCUT2D eigenvalue weighted by molar-refractivity contribution is 5.84. The summed E-state index contributed by atoms with van der Waals surface area (Å²) in [6.07, 6.45) is -0.208. The zero-order chi connectivity index (χ0) is 10.7. The SMILES string of the molecule is CCn1cc([N+](=O)[O-])c(NC(=O)O)n1. The van der Waals surface area contributed by atoms with E-state index in [2.05, 4.69) is 5.10 Å². The van der Waals surface area contributed by atoms with E-state index < -0.39 is 11.0 Å². The Morgan fingerprint density at radius 3 is 2.93 bits per heavy atom. The summed E-state index contributed by atoms with van der Waals surface area (Å²) in [4.78, 5) is 20.0. The molecule has 1 amide bonds. The molecule has 8 nitrogen and oxygen atoms in total. The standard InChI is InChI=1S/C6H8N4O4/c1-2-9-3-4(10(13)14)5(8-9)7-6(11)12/h3H,2H2,1H3,(H,7,8)(H,11,12). The summed E-state index contributed by atoms with van der Waals surface area (Å²) < 4.78 is 1.28. The van der Waals surface area contributed by atoms with Crippen molar-refractivity contribution < 1.29 is 14.8 Å². The van der Waals surface area contributed by atoms with Gasteiger partial charge in [0.25, 0.3) is 0 Å². The van der Waals surface area contributed by atoms with E-state index in [0.29, 0.717) is 6.54 Å². The minimum atomic E-state index is -1.38. The average molecular weight is 200 g/mol. The number of aryl methyl sites for hydroxylation is 1. The van der Waals surface area contributed by atoms with Crippen molar-refractivity contribution in [1.29, 1.82) is 0 Å². The fourth-order valence-corrected chi connectivity index (χ4v) is 0.897. The molecular formula is C6H8N4O4. The minimum absolute atomic E-state index is 0.260. The van der Waals surface area contributed by atoms with Gasteiger partial charge in [-0.25, -0.2) is 4.79 Å². The molecule has 0 aliphatic carbocycles. The summed E-state index contributed by atoms with van der Waals surface area (Å²) in [7, 11) is 0. The van der Waals surface area contributed by atoms with Gasteiger partial charge in [0, 0.05) is 6.54 Å². The van der Waals surface area contributed by atoms with Crippen molar-refractivity contribution in [2.45, 2.75) is 13.5 Å². The van der Waals surface area contributed by atoms with Gasteiger partial charge in [-0.05, 0) is 6.92 Å². The lowest BCUT2D eigenvalue weighted by Gasteiger charge is -1.93. The van der Waals surface area contributed by atoms with Crippen LogP contribution in [0, 0.1) is 10.1 Å². The van der Waals surface area contributed by atoms with Gasteiger partial charge in [-0.2, -0.15) is 0 Å². The maximum absolute atomic E-state index is 10.5. The highest BCUT2D eigenvalue weighted by Gasteiger charge is 2.20. The average Bonchev–Trinajstić information content (AvgIpc) is 2.46. The Hall–Kier alpha value is -2.12. The highest BCUT2D eigenvalue weighted by Crippen LogP contribution is 2.21. The Balaban J connectivity index is 3.05. The number of aromatic nitrogens is 2. The Kier molecular flexibility index (Phi) is 2.65. The number of anilines is 1. The molecule has 1 rings (SSSR count). The Morgan fingerprint density at radius 1 is 1.86 bits per heavy atom. The van der Waals surface area contributed by atoms with E-state index in [1.807, 2.05) is 5.32 Å². The molecule has 0 bridgehead atoms. The van der Waals surface area contributed by atoms with Crippen molar-refractivity contribution in [2.24, 2.45) is 0 Å². The maximum Gasteiger partial charge on any atom is 0.410 e. The van der Waals surface area contributed by atoms with E-state index in [-0.39, 0.29) is 11.5 Å². The third-order valence-corrected chi connectivity index (χ3v) is 1.49. The molecular weight excluding hydrogens is 192 g/mol. The molecule has 0 spiro atoms. The van der Waals surface area contributed by atoms with E-state index in [1.54, 1.807) is 6.92 Å². The normalized spacial score (nSPS) is 9.79. The monoisotopic (exact) mass is 200 g/mol. The van der Waals surface area contributed by atoms with E-state index >= 15 is 0 Å². The van der Waals surface area contributed by atoms with Crippen LogP contribution in [0.15, 0.2) is 6.20 Å². The van der Waals surface area contributed by atoms with Crippen molar-refractivity contribution in [1.82, 2.24) is 9.78 Å². The lowest BCUT2D eigenvalue weighted by atomic mass is 10.5. The van der Waals surface area contributed by atoms with Gasteiger partial charge < -0.3 is 5.11 Å². The zero-order valence-corrected chi connectivity index (χ0v) is 7.30. The number of carboxylic acid groups (broad SMARTS) is 1. The molecule has 8 heteroatoms. The zero-order valence-electron chi connectivity index (χ0n) is 7.30. The number of nitrogens with one attached hydrogen (secondary N) is 1. The molecule has 0 unspecified atom stereocenters. The van der Waals surface area contributed by atoms with Crippen LogP contribution in [0.4, 0.5) is 16.3 Å². The van der Waals surface area contributed by atoms with E-state index in [0.717, 1.165) is 0 Å². The molecule has 1 aromatic rings. The smallest absolute Gasteiger partial charge is 0.410 e. The second-order valence-electron chi connectivity index (χ2n) is 2.41. The van der Waals surface area contributed by atoms with Crippen LogP contribution in [0.2, 0.25) is 0 Å². The van der Waals surface area contributed by atoms with Crippen LogP contribution in [0.1, 0.15) is 6.92 Å². The molecule has 14 heavy (non-hydrogen) atoms. The molecule has 2 N–H and O–H groups in total. The maximum atomic E-state index is 10.5. The minimum Gasteiger partial charge on any atom is -0.465 e. The molecule has 1 aromatic heterocycles. The van der Waals surface area contributed by atoms with Gasteiger partial charge in [0.05, 0.1) is 4.92 Å². The van der Waals surface area contributed by atoms with E-state index in [9.17, 15) is 14.9 Å². The quantitative estimate of drug-likeness (QED) is 0.556. The van der Waals surface area contributed by atoms with Gasteiger partial charge in [0.2, 0.25) is 5.82 Å². The molecule has 76 valence electrons. The second kappa shape index (κ2) is 3.73. The third kappa shape index (κ3) is 1.97. The molecule has 1 heterocycles. The molecule has 0 fully saturated rings. The van der Waals surface area contributed by atoms with Crippen molar-refractivity contribution in [2.75, 3.05) is 5.32 Å². The van der Waals surface area contributed by atoms with Crippen LogP contribution in [0.3, 0.4) is 0 Å². The molecule has 0 radical (unpaired) electrons. The van der Waals surface area contributed by atoms with Gasteiger partial charge in [0.15, 0.2) is 0 Å². The number of rotatable bonds is 3. The van der Waals surface area contributed by atoms with Crippen LogP contribution in [-0.2, 0) is 6.54 Å². The summed E-state index contributed by atoms with van der Waals surface area (Å²) in [5, 5.41) is 24.3. The van der Waals surface area contributed by atoms with E-state index in [4.69, 9.17) is 5.11 Å². The van der Waals surface area contributed by atoms with Crippen LogP contribution < -0.4 is 5.32 Å². The van der Waals surface area contributed by atoms with Gasteiger partial charge in [-0.15, -0.1) is 5.10 Å². The second-order valence-corrected chi connectivity index (χ2v) is 2.41. The number of amides is 1. The molecule has 0 aliphatic heterocycles. The number of hydrogen-bond acceptors (Lipinski definition) is 4. The molecule has 0 saturated carbocycles.